The molecule has 0 aromatic heterocycles. The fourth-order valence-corrected chi connectivity index (χ4v) is 7.76. The molecule has 1 N–H and O–H groups in total. The van der Waals surface area contributed by atoms with E-state index >= 15 is 0 Å². The highest BCUT2D eigenvalue weighted by Crippen LogP contribution is 2.56. The minimum atomic E-state index is -4.22. The summed E-state index contributed by atoms with van der Waals surface area (Å²) >= 11 is 0. The zero-order valence-corrected chi connectivity index (χ0v) is 18.2. The maximum absolute atomic E-state index is 12.0. The fourth-order valence-electron chi connectivity index (χ4n) is 4.31. The van der Waals surface area contributed by atoms with Gasteiger partial charge in [-0.1, -0.05) is 32.9 Å². The summed E-state index contributed by atoms with van der Waals surface area (Å²) in [5, 5.41) is 0.266. The molecule has 27 heavy (non-hydrogen) atoms. The number of rotatable bonds is 4. The van der Waals surface area contributed by atoms with Crippen LogP contribution in [-0.4, -0.2) is 56.2 Å². The van der Waals surface area contributed by atoms with Crippen molar-refractivity contribution < 1.29 is 27.2 Å². The van der Waals surface area contributed by atoms with E-state index in [0.717, 1.165) is 11.3 Å². The quantitative estimate of drug-likeness (QED) is 0.600. The first kappa shape index (κ1) is 21.0. The van der Waals surface area contributed by atoms with Gasteiger partial charge < -0.3 is 14.2 Å². The molecular formula is C19H29O6PS. The summed E-state index contributed by atoms with van der Waals surface area (Å²) in [6.45, 7) is 6.62. The molecule has 0 bridgehead atoms. The van der Waals surface area contributed by atoms with Gasteiger partial charge in [0.2, 0.25) is 0 Å². The van der Waals surface area contributed by atoms with Gasteiger partial charge in [0.05, 0.1) is 12.2 Å². The van der Waals surface area contributed by atoms with Gasteiger partial charge in [0, 0.05) is 25.4 Å². The van der Waals surface area contributed by atoms with Crippen molar-refractivity contribution in [2.45, 2.75) is 62.1 Å². The van der Waals surface area contributed by atoms with Crippen molar-refractivity contribution in [2.75, 3.05) is 20.6 Å². The van der Waals surface area contributed by atoms with Gasteiger partial charge in [0.25, 0.3) is 10.1 Å². The first-order chi connectivity index (χ1) is 12.6. The highest BCUT2D eigenvalue weighted by atomic mass is 32.2. The van der Waals surface area contributed by atoms with Gasteiger partial charge in [-0.05, 0) is 37.5 Å². The van der Waals surface area contributed by atoms with E-state index in [1.807, 2.05) is 18.2 Å². The average Bonchev–Trinajstić information content (AvgIpc) is 3.04. The second kappa shape index (κ2) is 7.60. The van der Waals surface area contributed by atoms with Crippen LogP contribution >= 0.6 is 7.92 Å². The molecule has 152 valence electrons. The molecule has 3 rings (SSSR count). The third-order valence-corrected chi connectivity index (χ3v) is 9.93. The van der Waals surface area contributed by atoms with Crippen molar-refractivity contribution in [1.82, 2.24) is 0 Å². The Hall–Kier alpha value is -0.720. The van der Waals surface area contributed by atoms with Crippen LogP contribution in [0.25, 0.3) is 0 Å². The van der Waals surface area contributed by atoms with E-state index in [2.05, 4.69) is 20.8 Å². The summed E-state index contributed by atoms with van der Waals surface area (Å²) in [7, 11) is -1.66. The molecule has 6 nitrogen and oxygen atoms in total. The van der Waals surface area contributed by atoms with Crippen molar-refractivity contribution in [3.63, 3.8) is 0 Å². The molecule has 2 unspecified atom stereocenters. The number of hydrogen-bond donors (Lipinski definition) is 1. The minimum absolute atomic E-state index is 0.0545. The summed E-state index contributed by atoms with van der Waals surface area (Å²) in [5.74, 6) is 0.580. The second-order valence-corrected chi connectivity index (χ2v) is 12.7. The lowest BCUT2D eigenvalue weighted by molar-refractivity contribution is -0.0296. The van der Waals surface area contributed by atoms with Crippen LogP contribution in [0.15, 0.2) is 18.2 Å². The fraction of sp³-hybridized carbons (Fsp3) is 0.684. The van der Waals surface area contributed by atoms with Crippen molar-refractivity contribution >= 4 is 23.3 Å². The number of benzene rings is 1. The number of ether oxygens (including phenoxy) is 3. The largest absolute Gasteiger partial charge is 0.488 e. The molecule has 1 saturated carbocycles. The van der Waals surface area contributed by atoms with Crippen LogP contribution in [0.2, 0.25) is 0 Å². The Bertz CT molecular complexity index is 788. The maximum atomic E-state index is 12.0. The predicted octanol–water partition coefficient (Wildman–Crippen LogP) is 3.11. The first-order valence-corrected chi connectivity index (χ1v) is 12.2. The molecule has 1 aromatic carbocycles. The highest BCUT2D eigenvalue weighted by molar-refractivity contribution is 7.86. The normalized spacial score (nSPS) is 31.4. The first-order valence-electron chi connectivity index (χ1n) is 9.14. The van der Waals surface area contributed by atoms with Gasteiger partial charge in [-0.2, -0.15) is 8.42 Å². The zero-order valence-electron chi connectivity index (χ0n) is 16.5. The summed E-state index contributed by atoms with van der Waals surface area (Å²) < 4.78 is 51.2. The smallest absolute Gasteiger partial charge is 0.270 e. The topological polar surface area (TPSA) is 82.1 Å². The van der Waals surface area contributed by atoms with Gasteiger partial charge in [-0.3, -0.25) is 4.55 Å². The van der Waals surface area contributed by atoms with Crippen molar-refractivity contribution in [3.8, 4) is 5.75 Å². The Morgan fingerprint density at radius 2 is 1.89 bits per heavy atom. The predicted molar refractivity (Wildman–Crippen MR) is 107 cm³/mol. The van der Waals surface area contributed by atoms with E-state index in [1.54, 1.807) is 7.11 Å². The third kappa shape index (κ3) is 3.90. The molecule has 1 aliphatic heterocycles. The third-order valence-electron chi connectivity index (χ3n) is 5.63. The van der Waals surface area contributed by atoms with E-state index in [0.29, 0.717) is 19.2 Å². The SMILES string of the molecule is COC1CC[C@@H](S(=O)(=O)O)[C@@H](OC)C1c1cccc2c1[P@](C(C)(C)C)CO2. The molecule has 2 aliphatic rings. The van der Waals surface area contributed by atoms with Crippen LogP contribution in [0.1, 0.15) is 45.1 Å². The molecule has 1 fully saturated rings. The van der Waals surface area contributed by atoms with Crippen LogP contribution < -0.4 is 10.0 Å². The lowest BCUT2D eigenvalue weighted by atomic mass is 9.78. The molecule has 1 aliphatic carbocycles. The summed E-state index contributed by atoms with van der Waals surface area (Å²) in [4.78, 5) is 0. The lowest BCUT2D eigenvalue weighted by Crippen LogP contribution is -2.49. The Balaban J connectivity index is 2.14. The van der Waals surface area contributed by atoms with E-state index in [4.69, 9.17) is 14.2 Å². The molecule has 1 heterocycles. The Morgan fingerprint density at radius 1 is 1.19 bits per heavy atom. The summed E-state index contributed by atoms with van der Waals surface area (Å²) in [5.41, 5.74) is 1.03. The van der Waals surface area contributed by atoms with Crippen LogP contribution in [0, 0.1) is 0 Å². The monoisotopic (exact) mass is 416 g/mol. The van der Waals surface area contributed by atoms with Crippen LogP contribution in [0.3, 0.4) is 0 Å². The van der Waals surface area contributed by atoms with Gasteiger partial charge >= 0.3 is 0 Å². The van der Waals surface area contributed by atoms with E-state index in [1.165, 1.54) is 12.4 Å². The molecule has 5 atom stereocenters. The van der Waals surface area contributed by atoms with Crippen molar-refractivity contribution in [2.24, 2.45) is 0 Å². The molecule has 0 radical (unpaired) electrons. The van der Waals surface area contributed by atoms with Crippen LogP contribution in [-0.2, 0) is 19.6 Å². The Kier molecular flexibility index (Phi) is 5.91. The molecular weight excluding hydrogens is 387 g/mol. The molecule has 0 saturated heterocycles. The van der Waals surface area contributed by atoms with E-state index < -0.39 is 29.4 Å². The van der Waals surface area contributed by atoms with Crippen LogP contribution in [0.4, 0.5) is 0 Å². The number of fused-ring (bicyclic) bond motifs is 1. The van der Waals surface area contributed by atoms with E-state index in [-0.39, 0.29) is 17.2 Å². The lowest BCUT2D eigenvalue weighted by Gasteiger charge is -2.42. The van der Waals surface area contributed by atoms with Crippen molar-refractivity contribution in [1.29, 1.82) is 0 Å². The van der Waals surface area contributed by atoms with Gasteiger partial charge in [-0.25, -0.2) is 0 Å². The molecule has 8 heteroatoms. The average molecular weight is 416 g/mol. The Morgan fingerprint density at radius 3 is 2.44 bits per heavy atom. The maximum Gasteiger partial charge on any atom is 0.270 e. The number of hydrogen-bond acceptors (Lipinski definition) is 5. The standard InChI is InChI=1S/C19H29O6PS/c1-19(2,3)26-11-25-14-8-6-7-12(18(14)26)16-13(23-4)9-10-15(17(16)24-5)27(20,21)22/h6-8,13,15-17H,9-11H2,1-5H3,(H,20,21,22)/t13?,15-,16?,17-,26-/m1/s1. The summed E-state index contributed by atoms with van der Waals surface area (Å²) in [6, 6.07) is 5.94. The Labute approximate surface area is 163 Å². The van der Waals surface area contributed by atoms with E-state index in [9.17, 15) is 13.0 Å². The molecule has 0 spiro atoms. The second-order valence-electron chi connectivity index (χ2n) is 8.20. The van der Waals surface area contributed by atoms with Crippen LogP contribution in [0.5, 0.6) is 5.75 Å². The van der Waals surface area contributed by atoms with Gasteiger partial charge in [0.15, 0.2) is 0 Å². The summed E-state index contributed by atoms with van der Waals surface area (Å²) in [6.07, 6.45) is 0.657. The zero-order chi connectivity index (χ0) is 20.0. The molecule has 0 amide bonds. The van der Waals surface area contributed by atoms with Crippen molar-refractivity contribution in [3.05, 3.63) is 23.8 Å². The van der Waals surface area contributed by atoms with Gasteiger partial charge in [-0.15, -0.1) is 0 Å². The molecule has 1 aromatic rings. The van der Waals surface area contributed by atoms with Gasteiger partial charge in [0.1, 0.15) is 17.3 Å². The number of methoxy groups -OCH3 is 2. The minimum Gasteiger partial charge on any atom is -0.488 e. The highest BCUT2D eigenvalue weighted by Gasteiger charge is 2.48.